The first-order valence-electron chi connectivity index (χ1n) is 7.64. The van der Waals surface area contributed by atoms with Gasteiger partial charge < -0.3 is 4.74 Å². The van der Waals surface area contributed by atoms with E-state index in [1.165, 1.54) is 35.6 Å². The van der Waals surface area contributed by atoms with E-state index in [0.717, 1.165) is 0 Å². The molecule has 0 amide bonds. The number of ether oxygens (including phenoxy) is 1. The van der Waals surface area contributed by atoms with Crippen LogP contribution in [0.25, 0.3) is 0 Å². The molecule has 0 aliphatic heterocycles. The zero-order valence-corrected chi connectivity index (χ0v) is 14.3. The predicted molar refractivity (Wildman–Crippen MR) is 96.4 cm³/mol. The van der Waals surface area contributed by atoms with Crippen molar-refractivity contribution in [3.05, 3.63) is 97.7 Å². The first-order chi connectivity index (χ1) is 12.6. The van der Waals surface area contributed by atoms with Gasteiger partial charge in [0, 0.05) is 17.7 Å². The highest BCUT2D eigenvalue weighted by Crippen LogP contribution is 2.20. The summed E-state index contributed by atoms with van der Waals surface area (Å²) in [6, 6.07) is 15.7. The minimum absolute atomic E-state index is 0.0352. The summed E-state index contributed by atoms with van der Waals surface area (Å²) in [6.45, 7) is -0.0433. The fourth-order valence-electron chi connectivity index (χ4n) is 2.34. The normalized spacial score (nSPS) is 10.3. The van der Waals surface area contributed by atoms with Crippen molar-refractivity contribution in [1.82, 2.24) is 0 Å². The summed E-state index contributed by atoms with van der Waals surface area (Å²) in [6.07, 6.45) is 0. The molecule has 0 unspecified atom stereocenters. The van der Waals surface area contributed by atoms with Crippen LogP contribution in [0.2, 0.25) is 0 Å². The van der Waals surface area contributed by atoms with E-state index in [-0.39, 0.29) is 29.2 Å². The fraction of sp³-hybridized carbons (Fsp3) is 0.0526. The van der Waals surface area contributed by atoms with Crippen LogP contribution in [0.4, 0.5) is 5.69 Å². The third kappa shape index (κ3) is 3.84. The van der Waals surface area contributed by atoms with Crippen LogP contribution in [0.15, 0.2) is 66.0 Å². The Labute approximate surface area is 152 Å². The number of hydrogen-bond donors (Lipinski definition) is 0. The van der Waals surface area contributed by atoms with Crippen LogP contribution >= 0.6 is 11.3 Å². The van der Waals surface area contributed by atoms with E-state index in [1.807, 2.05) is 0 Å². The topological polar surface area (TPSA) is 86.5 Å². The van der Waals surface area contributed by atoms with Gasteiger partial charge in [-0.3, -0.25) is 14.9 Å². The van der Waals surface area contributed by atoms with Gasteiger partial charge in [0.2, 0.25) is 5.78 Å². The number of hydrogen-bond acceptors (Lipinski definition) is 6. The summed E-state index contributed by atoms with van der Waals surface area (Å²) in [7, 11) is 0. The van der Waals surface area contributed by atoms with Gasteiger partial charge in [0.15, 0.2) is 0 Å². The lowest BCUT2D eigenvalue weighted by atomic mass is 10.0. The number of benzene rings is 2. The maximum atomic E-state index is 12.5. The Hall–Kier alpha value is -3.32. The first kappa shape index (κ1) is 17.5. The van der Waals surface area contributed by atoms with E-state index in [4.69, 9.17) is 4.74 Å². The minimum atomic E-state index is -0.621. The molecule has 0 bridgehead atoms. The van der Waals surface area contributed by atoms with Gasteiger partial charge in [0.25, 0.3) is 5.69 Å². The quantitative estimate of drug-likeness (QED) is 0.281. The predicted octanol–water partition coefficient (Wildman–Crippen LogP) is 4.24. The number of carbonyl (C=O) groups is 2. The number of nitrogens with zero attached hydrogens (tertiary/aromatic N) is 1. The molecule has 0 radical (unpaired) electrons. The average molecular weight is 367 g/mol. The number of thiophene rings is 1. The maximum Gasteiger partial charge on any atom is 0.339 e. The highest BCUT2D eigenvalue weighted by molar-refractivity contribution is 7.12. The minimum Gasteiger partial charge on any atom is -0.457 e. The van der Waals surface area contributed by atoms with Gasteiger partial charge in [-0.05, 0) is 35.2 Å². The second-order valence-corrected chi connectivity index (χ2v) is 6.30. The molecular formula is C19H13NO5S. The molecule has 0 saturated heterocycles. The maximum absolute atomic E-state index is 12.5. The number of non-ortho nitro benzene ring substituents is 1. The van der Waals surface area contributed by atoms with Gasteiger partial charge in [-0.2, -0.15) is 0 Å². The number of nitro groups is 1. The monoisotopic (exact) mass is 367 g/mol. The first-order valence-corrected chi connectivity index (χ1v) is 8.52. The molecule has 26 heavy (non-hydrogen) atoms. The van der Waals surface area contributed by atoms with E-state index in [9.17, 15) is 19.7 Å². The Balaban J connectivity index is 1.74. The van der Waals surface area contributed by atoms with Crippen molar-refractivity contribution in [2.75, 3.05) is 0 Å². The molecule has 0 atom stereocenters. The summed E-state index contributed by atoms with van der Waals surface area (Å²) >= 11 is 1.30. The molecule has 0 saturated carbocycles. The summed E-state index contributed by atoms with van der Waals surface area (Å²) in [5.41, 5.74) is 1.05. The number of ketones is 1. The summed E-state index contributed by atoms with van der Waals surface area (Å²) in [5, 5.41) is 12.4. The molecular weight excluding hydrogens is 354 g/mol. The summed E-state index contributed by atoms with van der Waals surface area (Å²) in [5.74, 6) is -0.855. The Morgan fingerprint density at radius 1 is 0.962 bits per heavy atom. The smallest absolute Gasteiger partial charge is 0.339 e. The van der Waals surface area contributed by atoms with Crippen LogP contribution in [0.3, 0.4) is 0 Å². The number of carbonyl (C=O) groups excluding carboxylic acids is 2. The van der Waals surface area contributed by atoms with E-state index in [0.29, 0.717) is 10.4 Å². The third-order valence-electron chi connectivity index (χ3n) is 3.65. The number of esters is 1. The average Bonchev–Trinajstić information content (AvgIpc) is 3.20. The lowest BCUT2D eigenvalue weighted by molar-refractivity contribution is -0.384. The molecule has 130 valence electrons. The highest BCUT2D eigenvalue weighted by Gasteiger charge is 2.19. The number of nitro benzene ring substituents is 1. The molecule has 7 heteroatoms. The molecule has 0 fully saturated rings. The molecule has 0 aliphatic carbocycles. The molecule has 1 heterocycles. The number of rotatable bonds is 6. The molecule has 6 nitrogen and oxygen atoms in total. The van der Waals surface area contributed by atoms with Crippen LogP contribution in [0.1, 0.15) is 31.2 Å². The zero-order chi connectivity index (χ0) is 18.5. The Bertz CT molecular complexity index is 948. The second kappa shape index (κ2) is 7.71. The standard InChI is InChI=1S/C19H13NO5S/c21-18(17-6-3-11-26-17)15-4-1-2-5-16(15)19(22)25-12-13-7-9-14(10-8-13)20(23)24/h1-11H,12H2. The largest absolute Gasteiger partial charge is 0.457 e. The van der Waals surface area contributed by atoms with Crippen LogP contribution < -0.4 is 0 Å². The molecule has 3 rings (SSSR count). The van der Waals surface area contributed by atoms with Gasteiger partial charge in [0.05, 0.1) is 15.4 Å². The van der Waals surface area contributed by atoms with Crippen LogP contribution in [0, 0.1) is 10.1 Å². The van der Waals surface area contributed by atoms with Crippen molar-refractivity contribution < 1.29 is 19.2 Å². The van der Waals surface area contributed by atoms with Crippen molar-refractivity contribution in [2.45, 2.75) is 6.61 Å². The van der Waals surface area contributed by atoms with Crippen molar-refractivity contribution >= 4 is 28.8 Å². The van der Waals surface area contributed by atoms with Gasteiger partial charge in [0.1, 0.15) is 6.61 Å². The van der Waals surface area contributed by atoms with Crippen LogP contribution in [0.5, 0.6) is 0 Å². The molecule has 1 aromatic heterocycles. The van der Waals surface area contributed by atoms with Crippen LogP contribution in [-0.4, -0.2) is 16.7 Å². The van der Waals surface area contributed by atoms with Crippen molar-refractivity contribution in [2.24, 2.45) is 0 Å². The molecule has 0 N–H and O–H groups in total. The van der Waals surface area contributed by atoms with E-state index >= 15 is 0 Å². The Kier molecular flexibility index (Phi) is 5.19. The van der Waals surface area contributed by atoms with Gasteiger partial charge in [-0.25, -0.2) is 4.79 Å². The Morgan fingerprint density at radius 3 is 2.27 bits per heavy atom. The molecule has 3 aromatic rings. The molecule has 2 aromatic carbocycles. The zero-order valence-electron chi connectivity index (χ0n) is 13.5. The van der Waals surface area contributed by atoms with E-state index < -0.39 is 10.9 Å². The summed E-state index contributed by atoms with van der Waals surface area (Å²) < 4.78 is 5.27. The third-order valence-corrected chi connectivity index (χ3v) is 4.52. The lowest BCUT2D eigenvalue weighted by Crippen LogP contribution is -2.12. The molecule has 0 aliphatic rings. The summed E-state index contributed by atoms with van der Waals surface area (Å²) in [4.78, 5) is 35.7. The van der Waals surface area contributed by atoms with Gasteiger partial charge in [-0.1, -0.05) is 24.3 Å². The SMILES string of the molecule is O=C(OCc1ccc([N+](=O)[O-])cc1)c1ccccc1C(=O)c1cccs1. The van der Waals surface area contributed by atoms with E-state index in [2.05, 4.69) is 0 Å². The lowest BCUT2D eigenvalue weighted by Gasteiger charge is -2.08. The van der Waals surface area contributed by atoms with Gasteiger partial charge >= 0.3 is 5.97 Å². The fourth-order valence-corrected chi connectivity index (χ4v) is 3.02. The molecule has 0 spiro atoms. The van der Waals surface area contributed by atoms with Crippen molar-refractivity contribution in [3.63, 3.8) is 0 Å². The highest BCUT2D eigenvalue weighted by atomic mass is 32.1. The van der Waals surface area contributed by atoms with Crippen LogP contribution in [-0.2, 0) is 11.3 Å². The Morgan fingerprint density at radius 2 is 1.65 bits per heavy atom. The van der Waals surface area contributed by atoms with E-state index in [1.54, 1.807) is 41.8 Å². The van der Waals surface area contributed by atoms with Crippen molar-refractivity contribution in [1.29, 1.82) is 0 Å². The van der Waals surface area contributed by atoms with Crippen molar-refractivity contribution in [3.8, 4) is 0 Å². The van der Waals surface area contributed by atoms with Gasteiger partial charge in [-0.15, -0.1) is 11.3 Å². The second-order valence-electron chi connectivity index (χ2n) is 5.35.